The van der Waals surface area contributed by atoms with E-state index in [4.69, 9.17) is 0 Å². The summed E-state index contributed by atoms with van der Waals surface area (Å²) in [5.74, 6) is -0.363. The fourth-order valence-corrected chi connectivity index (χ4v) is 4.38. The predicted molar refractivity (Wildman–Crippen MR) is 112 cm³/mol. The van der Waals surface area contributed by atoms with Crippen molar-refractivity contribution >= 4 is 44.2 Å². The van der Waals surface area contributed by atoms with Gasteiger partial charge in [0.2, 0.25) is 11.0 Å². The molecule has 0 bridgehead atoms. The fraction of sp³-hybridized carbons (Fsp3) is 0.200. The summed E-state index contributed by atoms with van der Waals surface area (Å²) < 4.78 is 0.834. The predicted octanol–water partition coefficient (Wildman–Crippen LogP) is 4.21. The van der Waals surface area contributed by atoms with Crippen LogP contribution in [0, 0.1) is 0 Å². The van der Waals surface area contributed by atoms with E-state index in [2.05, 4.69) is 31.4 Å². The Labute approximate surface area is 174 Å². The minimum Gasteiger partial charge on any atom is -0.327 e. The summed E-state index contributed by atoms with van der Waals surface area (Å²) in [5.41, 5.74) is 1.52. The number of carbonyl (C=O) groups excluding carboxylic acids is 2. The maximum Gasteiger partial charge on any atom is 0.254 e. The molecular weight excluding hydrogens is 440 g/mol. The second-order valence-electron chi connectivity index (χ2n) is 6.43. The molecule has 2 amide bonds. The van der Waals surface area contributed by atoms with Gasteiger partial charge in [0.05, 0.1) is 0 Å². The summed E-state index contributed by atoms with van der Waals surface area (Å²) in [6.45, 7) is 0.564. The molecule has 1 saturated heterocycles. The number of aromatic nitrogens is 2. The molecule has 1 aliphatic heterocycles. The monoisotopic (exact) mass is 456 g/mol. The largest absolute Gasteiger partial charge is 0.327 e. The Morgan fingerprint density at radius 3 is 2.71 bits per heavy atom. The number of likely N-dealkylation sites (tertiary alicyclic amines) is 1. The second kappa shape index (κ2) is 8.20. The van der Waals surface area contributed by atoms with E-state index in [0.29, 0.717) is 23.7 Å². The molecule has 6 nitrogen and oxygen atoms in total. The Kier molecular flexibility index (Phi) is 5.50. The fourth-order valence-electron chi connectivity index (χ4n) is 3.23. The Bertz CT molecular complexity index is 1010. The number of rotatable bonds is 4. The van der Waals surface area contributed by atoms with Crippen LogP contribution in [0.4, 0.5) is 5.13 Å². The average molecular weight is 457 g/mol. The summed E-state index contributed by atoms with van der Waals surface area (Å²) in [5, 5.41) is 12.2. The van der Waals surface area contributed by atoms with E-state index in [1.807, 2.05) is 42.5 Å². The molecule has 0 aliphatic carbocycles. The molecule has 142 valence electrons. The highest BCUT2D eigenvalue weighted by atomic mass is 79.9. The Morgan fingerprint density at radius 1 is 1.11 bits per heavy atom. The zero-order chi connectivity index (χ0) is 19.5. The first-order chi connectivity index (χ1) is 13.6. The van der Waals surface area contributed by atoms with Gasteiger partial charge in [-0.3, -0.25) is 14.9 Å². The molecule has 2 heterocycles. The van der Waals surface area contributed by atoms with Crippen LogP contribution in [0.15, 0.2) is 59.1 Å². The van der Waals surface area contributed by atoms with Crippen LogP contribution < -0.4 is 5.32 Å². The number of benzene rings is 2. The van der Waals surface area contributed by atoms with E-state index in [0.717, 1.165) is 21.5 Å². The number of nitrogens with one attached hydrogen (secondary N) is 1. The van der Waals surface area contributed by atoms with Crippen molar-refractivity contribution in [3.05, 3.63) is 64.6 Å². The highest BCUT2D eigenvalue weighted by Crippen LogP contribution is 2.27. The number of hydrogen-bond acceptors (Lipinski definition) is 5. The minimum atomic E-state index is -0.504. The van der Waals surface area contributed by atoms with Gasteiger partial charge in [-0.05, 0) is 31.0 Å². The molecule has 1 atom stereocenters. The van der Waals surface area contributed by atoms with Crippen molar-refractivity contribution in [2.75, 3.05) is 11.9 Å². The topological polar surface area (TPSA) is 75.2 Å². The zero-order valence-corrected chi connectivity index (χ0v) is 17.2. The van der Waals surface area contributed by atoms with Crippen molar-refractivity contribution in [2.24, 2.45) is 0 Å². The SMILES string of the molecule is O=C(Nc1nnc(-c2ccccc2)s1)C1CCCN1C(=O)c1cccc(Br)c1. The lowest BCUT2D eigenvalue weighted by molar-refractivity contribution is -0.119. The summed E-state index contributed by atoms with van der Waals surface area (Å²) in [4.78, 5) is 27.3. The van der Waals surface area contributed by atoms with Crippen molar-refractivity contribution in [2.45, 2.75) is 18.9 Å². The number of anilines is 1. The van der Waals surface area contributed by atoms with Gasteiger partial charge in [-0.1, -0.05) is 63.7 Å². The van der Waals surface area contributed by atoms with Gasteiger partial charge in [0.15, 0.2) is 0 Å². The molecule has 1 fully saturated rings. The Balaban J connectivity index is 1.47. The number of halogens is 1. The van der Waals surface area contributed by atoms with Crippen LogP contribution in [-0.4, -0.2) is 39.5 Å². The molecule has 2 aromatic carbocycles. The zero-order valence-electron chi connectivity index (χ0n) is 14.8. The van der Waals surface area contributed by atoms with Crippen LogP contribution in [-0.2, 0) is 4.79 Å². The van der Waals surface area contributed by atoms with Crippen LogP contribution >= 0.6 is 27.3 Å². The van der Waals surface area contributed by atoms with Crippen LogP contribution in [0.1, 0.15) is 23.2 Å². The highest BCUT2D eigenvalue weighted by Gasteiger charge is 2.35. The molecule has 3 aromatic rings. The lowest BCUT2D eigenvalue weighted by Crippen LogP contribution is -2.43. The van der Waals surface area contributed by atoms with Crippen molar-refractivity contribution in [1.29, 1.82) is 0 Å². The van der Waals surface area contributed by atoms with E-state index < -0.39 is 6.04 Å². The van der Waals surface area contributed by atoms with E-state index in [-0.39, 0.29) is 11.8 Å². The number of hydrogen-bond donors (Lipinski definition) is 1. The quantitative estimate of drug-likeness (QED) is 0.637. The third-order valence-electron chi connectivity index (χ3n) is 4.56. The van der Waals surface area contributed by atoms with Crippen molar-refractivity contribution < 1.29 is 9.59 Å². The van der Waals surface area contributed by atoms with Gasteiger partial charge in [-0.15, -0.1) is 10.2 Å². The molecule has 4 rings (SSSR count). The van der Waals surface area contributed by atoms with E-state index in [1.165, 1.54) is 11.3 Å². The van der Waals surface area contributed by atoms with Gasteiger partial charge < -0.3 is 4.90 Å². The number of amides is 2. The minimum absolute atomic E-state index is 0.138. The smallest absolute Gasteiger partial charge is 0.254 e. The molecule has 0 radical (unpaired) electrons. The number of nitrogens with zero attached hydrogens (tertiary/aromatic N) is 3. The van der Waals surface area contributed by atoms with Crippen LogP contribution in [0.25, 0.3) is 10.6 Å². The first-order valence-electron chi connectivity index (χ1n) is 8.88. The lowest BCUT2D eigenvalue weighted by Gasteiger charge is -2.23. The van der Waals surface area contributed by atoms with E-state index >= 15 is 0 Å². The van der Waals surface area contributed by atoms with E-state index in [9.17, 15) is 9.59 Å². The first-order valence-corrected chi connectivity index (χ1v) is 10.5. The molecule has 8 heteroatoms. The van der Waals surface area contributed by atoms with Gasteiger partial charge in [0.1, 0.15) is 11.0 Å². The maximum atomic E-state index is 12.9. The normalized spacial score (nSPS) is 16.2. The van der Waals surface area contributed by atoms with Crippen molar-refractivity contribution in [3.8, 4) is 10.6 Å². The molecule has 0 spiro atoms. The standard InChI is InChI=1S/C20H17BrN4O2S/c21-15-9-4-8-14(12-15)19(27)25-11-5-10-16(25)17(26)22-20-24-23-18(28-20)13-6-2-1-3-7-13/h1-4,6-9,12,16H,5,10-11H2,(H,22,24,26). The number of carbonyl (C=O) groups is 2. The van der Waals surface area contributed by atoms with Gasteiger partial charge in [0, 0.05) is 22.1 Å². The summed E-state index contributed by atoms with van der Waals surface area (Å²) in [6, 6.07) is 16.4. The summed E-state index contributed by atoms with van der Waals surface area (Å²) in [7, 11) is 0. The van der Waals surface area contributed by atoms with Crippen LogP contribution in [0.5, 0.6) is 0 Å². The molecule has 0 saturated carbocycles. The molecule has 28 heavy (non-hydrogen) atoms. The van der Waals surface area contributed by atoms with Gasteiger partial charge in [-0.25, -0.2) is 0 Å². The summed E-state index contributed by atoms with van der Waals surface area (Å²) >= 11 is 4.70. The van der Waals surface area contributed by atoms with Gasteiger partial charge in [0.25, 0.3) is 5.91 Å². The maximum absolute atomic E-state index is 12.9. The first kappa shape index (κ1) is 18.8. The van der Waals surface area contributed by atoms with Gasteiger partial charge in [-0.2, -0.15) is 0 Å². The Hall–Kier alpha value is -2.58. The third kappa shape index (κ3) is 3.98. The highest BCUT2D eigenvalue weighted by molar-refractivity contribution is 9.10. The summed E-state index contributed by atoms with van der Waals surface area (Å²) in [6.07, 6.45) is 1.43. The molecule has 1 aliphatic rings. The van der Waals surface area contributed by atoms with Crippen molar-refractivity contribution in [3.63, 3.8) is 0 Å². The lowest BCUT2D eigenvalue weighted by atomic mass is 10.1. The van der Waals surface area contributed by atoms with Gasteiger partial charge >= 0.3 is 0 Å². The van der Waals surface area contributed by atoms with E-state index in [1.54, 1.807) is 17.0 Å². The molecule has 1 aromatic heterocycles. The molecule has 1 unspecified atom stereocenters. The molecular formula is C20H17BrN4O2S. The van der Waals surface area contributed by atoms with Crippen molar-refractivity contribution in [1.82, 2.24) is 15.1 Å². The van der Waals surface area contributed by atoms with Crippen LogP contribution in [0.2, 0.25) is 0 Å². The molecule has 1 N–H and O–H groups in total. The average Bonchev–Trinajstić information content (AvgIpc) is 3.38. The third-order valence-corrected chi connectivity index (χ3v) is 5.94. The second-order valence-corrected chi connectivity index (χ2v) is 8.33. The Morgan fingerprint density at radius 2 is 1.93 bits per heavy atom. The van der Waals surface area contributed by atoms with Crippen LogP contribution in [0.3, 0.4) is 0 Å².